The van der Waals surface area contributed by atoms with E-state index in [1.54, 1.807) is 7.05 Å². The largest absolute Gasteiger partial charge is 0.359 e. The number of carbonyl (C=O) groups is 1. The van der Waals surface area contributed by atoms with Gasteiger partial charge < -0.3 is 15.5 Å². The van der Waals surface area contributed by atoms with Gasteiger partial charge in [-0.25, -0.2) is 0 Å². The average molecular weight is 264 g/mol. The molecule has 1 aliphatic heterocycles. The Morgan fingerprint density at radius 2 is 2.00 bits per heavy atom. The van der Waals surface area contributed by atoms with E-state index in [9.17, 15) is 4.79 Å². The quantitative estimate of drug-likeness (QED) is 0.747. The lowest BCUT2D eigenvalue weighted by Gasteiger charge is -2.25. The van der Waals surface area contributed by atoms with Crippen LogP contribution in [-0.2, 0) is 4.79 Å². The molecule has 4 nitrogen and oxygen atoms in total. The molecular formula is C12H26ClN3O. The molecule has 2 N–H and O–H groups in total. The Hall–Kier alpha value is -0.320. The highest BCUT2D eigenvalue weighted by atomic mass is 35.5. The van der Waals surface area contributed by atoms with Crippen LogP contribution in [0.5, 0.6) is 0 Å². The van der Waals surface area contributed by atoms with Gasteiger partial charge in [0.1, 0.15) is 0 Å². The maximum Gasteiger partial charge on any atom is 0.221 e. The molecule has 1 amide bonds. The lowest BCUT2D eigenvalue weighted by Crippen LogP contribution is -2.31. The van der Waals surface area contributed by atoms with Gasteiger partial charge >= 0.3 is 0 Å². The highest BCUT2D eigenvalue weighted by molar-refractivity contribution is 5.85. The molecule has 0 atom stereocenters. The molecular weight excluding hydrogens is 238 g/mol. The van der Waals surface area contributed by atoms with Crippen molar-refractivity contribution in [2.45, 2.75) is 25.7 Å². The predicted molar refractivity (Wildman–Crippen MR) is 73.6 cm³/mol. The van der Waals surface area contributed by atoms with Crippen molar-refractivity contribution in [2.24, 2.45) is 5.92 Å². The van der Waals surface area contributed by atoms with Crippen LogP contribution < -0.4 is 10.6 Å². The number of rotatable bonds is 6. The van der Waals surface area contributed by atoms with Gasteiger partial charge in [-0.05, 0) is 51.9 Å². The van der Waals surface area contributed by atoms with E-state index in [4.69, 9.17) is 0 Å². The molecule has 0 radical (unpaired) electrons. The fraction of sp³-hybridized carbons (Fsp3) is 0.917. The lowest BCUT2D eigenvalue weighted by molar-refractivity contribution is -0.120. The molecule has 0 aromatic rings. The number of amides is 1. The van der Waals surface area contributed by atoms with Crippen LogP contribution in [0.15, 0.2) is 0 Å². The van der Waals surface area contributed by atoms with Crippen molar-refractivity contribution in [1.82, 2.24) is 15.5 Å². The second kappa shape index (κ2) is 9.68. The smallest absolute Gasteiger partial charge is 0.221 e. The minimum absolute atomic E-state index is 0. The molecule has 0 spiro atoms. The molecule has 0 saturated carbocycles. The summed E-state index contributed by atoms with van der Waals surface area (Å²) >= 11 is 0. The first-order valence-electron chi connectivity index (χ1n) is 6.32. The zero-order valence-electron chi connectivity index (χ0n) is 11.0. The fourth-order valence-electron chi connectivity index (χ4n) is 2.10. The maximum absolute atomic E-state index is 11.1. The van der Waals surface area contributed by atoms with Gasteiger partial charge in [-0.2, -0.15) is 0 Å². The van der Waals surface area contributed by atoms with Crippen LogP contribution >= 0.6 is 12.4 Å². The van der Waals surface area contributed by atoms with Gasteiger partial charge in [0.25, 0.3) is 0 Å². The Labute approximate surface area is 111 Å². The lowest BCUT2D eigenvalue weighted by atomic mass is 9.94. The second-order valence-electron chi connectivity index (χ2n) is 4.71. The third kappa shape index (κ3) is 7.58. The normalized spacial score (nSPS) is 16.6. The summed E-state index contributed by atoms with van der Waals surface area (Å²) in [5.74, 6) is 1.01. The third-order valence-corrected chi connectivity index (χ3v) is 3.38. The van der Waals surface area contributed by atoms with Crippen molar-refractivity contribution in [3.05, 3.63) is 0 Å². The molecule has 1 aliphatic rings. The Bertz CT molecular complexity index is 208. The minimum atomic E-state index is 0. The first kappa shape index (κ1) is 16.7. The molecule has 17 heavy (non-hydrogen) atoms. The summed E-state index contributed by atoms with van der Waals surface area (Å²) in [6.45, 7) is 4.32. The van der Waals surface area contributed by atoms with Crippen molar-refractivity contribution in [3.63, 3.8) is 0 Å². The number of piperidine rings is 1. The highest BCUT2D eigenvalue weighted by Crippen LogP contribution is 2.15. The van der Waals surface area contributed by atoms with Gasteiger partial charge in [0.15, 0.2) is 0 Å². The van der Waals surface area contributed by atoms with Crippen LogP contribution in [0, 0.1) is 5.92 Å². The first-order chi connectivity index (χ1) is 7.72. The summed E-state index contributed by atoms with van der Waals surface area (Å²) in [6, 6.07) is 0. The number of carbonyl (C=O) groups excluding carboxylic acids is 1. The molecule has 0 bridgehead atoms. The number of halogens is 1. The Morgan fingerprint density at radius 1 is 1.35 bits per heavy atom. The molecule has 0 aromatic heterocycles. The van der Waals surface area contributed by atoms with Gasteiger partial charge in [0, 0.05) is 20.0 Å². The maximum atomic E-state index is 11.1. The molecule has 0 aliphatic carbocycles. The summed E-state index contributed by atoms with van der Waals surface area (Å²) in [5, 5.41) is 6.04. The van der Waals surface area contributed by atoms with Crippen LogP contribution in [0.3, 0.4) is 0 Å². The van der Waals surface area contributed by atoms with Crippen molar-refractivity contribution in [3.8, 4) is 0 Å². The van der Waals surface area contributed by atoms with E-state index >= 15 is 0 Å². The van der Waals surface area contributed by atoms with Gasteiger partial charge in [-0.15, -0.1) is 12.4 Å². The van der Waals surface area contributed by atoms with Gasteiger partial charge in [-0.3, -0.25) is 4.79 Å². The first-order valence-corrected chi connectivity index (χ1v) is 6.32. The number of hydrogen-bond acceptors (Lipinski definition) is 3. The monoisotopic (exact) mass is 263 g/mol. The van der Waals surface area contributed by atoms with E-state index in [0.717, 1.165) is 19.0 Å². The van der Waals surface area contributed by atoms with Crippen LogP contribution in [0.4, 0.5) is 0 Å². The molecule has 0 unspecified atom stereocenters. The standard InChI is InChI=1S/C12H25N3O.ClH/c1-13-12(16)6-10-15(2)9-5-11-3-7-14-8-4-11;/h11,14H,3-10H2,1-2H3,(H,13,16);1H. The van der Waals surface area contributed by atoms with Crippen molar-refractivity contribution in [1.29, 1.82) is 0 Å². The Morgan fingerprint density at radius 3 is 2.59 bits per heavy atom. The molecule has 1 fully saturated rings. The summed E-state index contributed by atoms with van der Waals surface area (Å²) in [7, 11) is 3.79. The SMILES string of the molecule is CNC(=O)CCN(C)CCC1CCNCC1.Cl. The van der Waals surface area contributed by atoms with Crippen LogP contribution in [0.2, 0.25) is 0 Å². The summed E-state index contributed by atoms with van der Waals surface area (Å²) < 4.78 is 0. The topological polar surface area (TPSA) is 44.4 Å². The van der Waals surface area contributed by atoms with Crippen LogP contribution in [0.25, 0.3) is 0 Å². The van der Waals surface area contributed by atoms with E-state index in [-0.39, 0.29) is 18.3 Å². The summed E-state index contributed by atoms with van der Waals surface area (Å²) in [6.07, 6.45) is 4.50. The average Bonchev–Trinajstić information content (AvgIpc) is 2.34. The molecule has 1 rings (SSSR count). The second-order valence-corrected chi connectivity index (χ2v) is 4.71. The molecule has 102 valence electrons. The van der Waals surface area contributed by atoms with Crippen LogP contribution in [-0.4, -0.2) is 51.1 Å². The fourth-order valence-corrected chi connectivity index (χ4v) is 2.10. The van der Waals surface area contributed by atoms with E-state index in [2.05, 4.69) is 22.6 Å². The van der Waals surface area contributed by atoms with Gasteiger partial charge in [0.05, 0.1) is 0 Å². The van der Waals surface area contributed by atoms with Gasteiger partial charge in [-0.1, -0.05) is 0 Å². The van der Waals surface area contributed by atoms with E-state index in [1.165, 1.54) is 32.4 Å². The zero-order chi connectivity index (χ0) is 11.8. The summed E-state index contributed by atoms with van der Waals surface area (Å²) in [4.78, 5) is 13.3. The highest BCUT2D eigenvalue weighted by Gasteiger charge is 2.13. The summed E-state index contributed by atoms with van der Waals surface area (Å²) in [5.41, 5.74) is 0. The number of nitrogens with zero attached hydrogens (tertiary/aromatic N) is 1. The Kier molecular flexibility index (Phi) is 9.50. The van der Waals surface area contributed by atoms with Crippen molar-refractivity contribution >= 4 is 18.3 Å². The number of hydrogen-bond donors (Lipinski definition) is 2. The van der Waals surface area contributed by atoms with Crippen molar-refractivity contribution in [2.75, 3.05) is 40.3 Å². The molecule has 1 saturated heterocycles. The van der Waals surface area contributed by atoms with E-state index in [1.807, 2.05) is 0 Å². The van der Waals surface area contributed by atoms with E-state index < -0.39 is 0 Å². The minimum Gasteiger partial charge on any atom is -0.359 e. The predicted octanol–water partition coefficient (Wildman–Crippen LogP) is 0.866. The van der Waals surface area contributed by atoms with Crippen molar-refractivity contribution < 1.29 is 4.79 Å². The number of nitrogens with one attached hydrogen (secondary N) is 2. The van der Waals surface area contributed by atoms with Crippen LogP contribution in [0.1, 0.15) is 25.7 Å². The molecule has 1 heterocycles. The third-order valence-electron chi connectivity index (χ3n) is 3.38. The molecule has 5 heteroatoms. The Balaban J connectivity index is 0.00000256. The van der Waals surface area contributed by atoms with Gasteiger partial charge in [0.2, 0.25) is 5.91 Å². The molecule has 0 aromatic carbocycles. The van der Waals surface area contributed by atoms with E-state index in [0.29, 0.717) is 6.42 Å². The zero-order valence-corrected chi connectivity index (χ0v) is 11.8.